The van der Waals surface area contributed by atoms with Crippen LogP contribution in [0, 0.1) is 6.92 Å². The fourth-order valence-electron chi connectivity index (χ4n) is 1.54. The van der Waals surface area contributed by atoms with Crippen LogP contribution in [0.3, 0.4) is 0 Å². The summed E-state index contributed by atoms with van der Waals surface area (Å²) in [4.78, 5) is 16.1. The third-order valence-electron chi connectivity index (χ3n) is 2.44. The molecule has 0 aliphatic heterocycles. The van der Waals surface area contributed by atoms with Crippen molar-refractivity contribution in [1.82, 2.24) is 4.98 Å². The van der Waals surface area contributed by atoms with Crippen molar-refractivity contribution >= 4 is 28.9 Å². The number of pyridine rings is 1. The van der Waals surface area contributed by atoms with Crippen molar-refractivity contribution in [3.63, 3.8) is 0 Å². The van der Waals surface area contributed by atoms with Crippen LogP contribution in [-0.2, 0) is 0 Å². The molecule has 0 radical (unpaired) electrons. The molecule has 1 aromatic carbocycles. The summed E-state index contributed by atoms with van der Waals surface area (Å²) in [6.07, 6.45) is 1.52. The Labute approximate surface area is 110 Å². The molecule has 0 aliphatic carbocycles. The van der Waals surface area contributed by atoms with Gasteiger partial charge in [-0.1, -0.05) is 17.7 Å². The van der Waals surface area contributed by atoms with E-state index in [9.17, 15) is 4.79 Å². The maximum atomic E-state index is 12.0. The van der Waals surface area contributed by atoms with Crippen LogP contribution in [0.25, 0.3) is 0 Å². The van der Waals surface area contributed by atoms with Crippen LogP contribution in [0.1, 0.15) is 16.1 Å². The molecule has 3 N–H and O–H groups in total. The number of nitrogen functional groups attached to an aromatic ring is 1. The Morgan fingerprint density at radius 2 is 2.17 bits per heavy atom. The number of hydrogen-bond donors (Lipinski definition) is 2. The average Bonchev–Trinajstić information content (AvgIpc) is 2.32. The van der Waals surface area contributed by atoms with Crippen LogP contribution >= 0.6 is 11.6 Å². The van der Waals surface area contributed by atoms with E-state index in [-0.39, 0.29) is 5.91 Å². The third-order valence-corrected chi connectivity index (χ3v) is 2.67. The normalized spacial score (nSPS) is 10.1. The molecule has 0 fully saturated rings. The van der Waals surface area contributed by atoms with Gasteiger partial charge >= 0.3 is 0 Å². The number of rotatable bonds is 2. The van der Waals surface area contributed by atoms with Gasteiger partial charge in [0.05, 0.1) is 23.1 Å². The van der Waals surface area contributed by atoms with E-state index in [1.807, 2.05) is 0 Å². The summed E-state index contributed by atoms with van der Waals surface area (Å²) in [7, 11) is 0. The van der Waals surface area contributed by atoms with Crippen LogP contribution in [0.15, 0.2) is 36.5 Å². The lowest BCUT2D eigenvalue weighted by atomic mass is 10.1. The van der Waals surface area contributed by atoms with E-state index < -0.39 is 0 Å². The van der Waals surface area contributed by atoms with E-state index in [1.165, 1.54) is 6.20 Å². The standard InChI is InChI=1S/C13H12ClN3O/c1-8-12(6-10(15)7-16-8)13(18)17-11-4-2-3-9(14)5-11/h2-7H,15H2,1H3,(H,17,18). The number of nitrogens with two attached hydrogens (primary N) is 1. The average molecular weight is 262 g/mol. The quantitative estimate of drug-likeness (QED) is 0.873. The molecule has 4 nitrogen and oxygen atoms in total. The first-order valence-corrected chi connectivity index (χ1v) is 5.73. The topological polar surface area (TPSA) is 68.0 Å². The molecule has 1 amide bonds. The number of hydrogen-bond acceptors (Lipinski definition) is 3. The molecule has 0 aliphatic rings. The molecule has 2 rings (SSSR count). The summed E-state index contributed by atoms with van der Waals surface area (Å²) in [5.74, 6) is -0.255. The summed E-state index contributed by atoms with van der Waals surface area (Å²) in [5.41, 5.74) is 7.79. The Morgan fingerprint density at radius 3 is 2.89 bits per heavy atom. The number of nitrogens with one attached hydrogen (secondary N) is 1. The Morgan fingerprint density at radius 1 is 1.39 bits per heavy atom. The lowest BCUT2D eigenvalue weighted by Crippen LogP contribution is -2.14. The summed E-state index contributed by atoms with van der Waals surface area (Å²) < 4.78 is 0. The van der Waals surface area contributed by atoms with E-state index in [0.29, 0.717) is 27.7 Å². The molecule has 18 heavy (non-hydrogen) atoms. The number of carbonyl (C=O) groups excluding carboxylic acids is 1. The SMILES string of the molecule is Cc1ncc(N)cc1C(=O)Nc1cccc(Cl)c1. The van der Waals surface area contributed by atoms with Crippen molar-refractivity contribution in [1.29, 1.82) is 0 Å². The van der Waals surface area contributed by atoms with Crippen molar-refractivity contribution in [2.75, 3.05) is 11.1 Å². The fourth-order valence-corrected chi connectivity index (χ4v) is 1.73. The number of anilines is 2. The first kappa shape index (κ1) is 12.4. The van der Waals surface area contributed by atoms with Crippen molar-refractivity contribution in [2.45, 2.75) is 6.92 Å². The van der Waals surface area contributed by atoms with Gasteiger partial charge < -0.3 is 11.1 Å². The second-order valence-electron chi connectivity index (χ2n) is 3.87. The molecule has 0 spiro atoms. The van der Waals surface area contributed by atoms with Gasteiger partial charge in [0.1, 0.15) is 0 Å². The Balaban J connectivity index is 2.24. The Bertz CT molecular complexity index is 599. The number of aryl methyl sites for hydroxylation is 1. The largest absolute Gasteiger partial charge is 0.397 e. The lowest BCUT2D eigenvalue weighted by Gasteiger charge is -2.08. The second-order valence-corrected chi connectivity index (χ2v) is 4.30. The summed E-state index contributed by atoms with van der Waals surface area (Å²) in [6, 6.07) is 8.54. The van der Waals surface area contributed by atoms with Crippen LogP contribution in [0.2, 0.25) is 5.02 Å². The van der Waals surface area contributed by atoms with Crippen molar-refractivity contribution in [2.24, 2.45) is 0 Å². The van der Waals surface area contributed by atoms with Crippen LogP contribution in [0.5, 0.6) is 0 Å². The van der Waals surface area contributed by atoms with Crippen LogP contribution in [0.4, 0.5) is 11.4 Å². The summed E-state index contributed by atoms with van der Waals surface area (Å²) in [6.45, 7) is 1.76. The number of amides is 1. The van der Waals surface area contributed by atoms with Gasteiger partial charge in [-0.25, -0.2) is 0 Å². The minimum Gasteiger partial charge on any atom is -0.397 e. The lowest BCUT2D eigenvalue weighted by molar-refractivity contribution is 0.102. The van der Waals surface area contributed by atoms with Gasteiger partial charge in [0.15, 0.2) is 0 Å². The van der Waals surface area contributed by atoms with Gasteiger partial charge in [0, 0.05) is 10.7 Å². The first-order chi connectivity index (χ1) is 8.56. The van der Waals surface area contributed by atoms with Crippen LogP contribution < -0.4 is 11.1 Å². The smallest absolute Gasteiger partial charge is 0.257 e. The molecule has 0 saturated heterocycles. The molecule has 1 heterocycles. The highest BCUT2D eigenvalue weighted by molar-refractivity contribution is 6.31. The van der Waals surface area contributed by atoms with Crippen molar-refractivity contribution in [3.05, 3.63) is 52.8 Å². The molecule has 1 aromatic heterocycles. The van der Waals surface area contributed by atoms with E-state index in [4.69, 9.17) is 17.3 Å². The number of benzene rings is 1. The number of nitrogens with zero attached hydrogens (tertiary/aromatic N) is 1. The van der Waals surface area contributed by atoms with Crippen LogP contribution in [-0.4, -0.2) is 10.9 Å². The Kier molecular flexibility index (Phi) is 3.48. The molecule has 0 saturated carbocycles. The summed E-state index contributed by atoms with van der Waals surface area (Å²) in [5, 5.41) is 3.31. The van der Waals surface area contributed by atoms with E-state index in [2.05, 4.69) is 10.3 Å². The van der Waals surface area contributed by atoms with Gasteiger partial charge in [-0.05, 0) is 31.2 Å². The van der Waals surface area contributed by atoms with Crippen molar-refractivity contribution in [3.8, 4) is 0 Å². The first-order valence-electron chi connectivity index (χ1n) is 5.35. The zero-order valence-electron chi connectivity index (χ0n) is 9.77. The Hall–Kier alpha value is -2.07. The van der Waals surface area contributed by atoms with E-state index in [1.54, 1.807) is 37.3 Å². The van der Waals surface area contributed by atoms with Crippen molar-refractivity contribution < 1.29 is 4.79 Å². The highest BCUT2D eigenvalue weighted by Gasteiger charge is 2.10. The van der Waals surface area contributed by atoms with E-state index >= 15 is 0 Å². The molecular weight excluding hydrogens is 250 g/mol. The van der Waals surface area contributed by atoms with Gasteiger partial charge in [-0.3, -0.25) is 9.78 Å². The predicted molar refractivity (Wildman–Crippen MR) is 72.8 cm³/mol. The van der Waals surface area contributed by atoms with Gasteiger partial charge in [-0.15, -0.1) is 0 Å². The number of aromatic nitrogens is 1. The zero-order chi connectivity index (χ0) is 13.1. The molecule has 0 unspecified atom stereocenters. The number of halogens is 1. The number of carbonyl (C=O) groups is 1. The van der Waals surface area contributed by atoms with Gasteiger partial charge in [0.25, 0.3) is 5.91 Å². The second kappa shape index (κ2) is 5.06. The van der Waals surface area contributed by atoms with Gasteiger partial charge in [0.2, 0.25) is 0 Å². The molecule has 0 bridgehead atoms. The minimum absolute atomic E-state index is 0.255. The maximum absolute atomic E-state index is 12.0. The zero-order valence-corrected chi connectivity index (χ0v) is 10.5. The third kappa shape index (κ3) is 2.78. The molecule has 92 valence electrons. The molecular formula is C13H12ClN3O. The highest BCUT2D eigenvalue weighted by atomic mass is 35.5. The summed E-state index contributed by atoms with van der Waals surface area (Å²) >= 11 is 5.85. The van der Waals surface area contributed by atoms with Gasteiger partial charge in [-0.2, -0.15) is 0 Å². The molecule has 2 aromatic rings. The van der Waals surface area contributed by atoms with E-state index in [0.717, 1.165) is 0 Å². The fraction of sp³-hybridized carbons (Fsp3) is 0.0769. The highest BCUT2D eigenvalue weighted by Crippen LogP contribution is 2.17. The predicted octanol–water partition coefficient (Wildman–Crippen LogP) is 2.88. The monoisotopic (exact) mass is 261 g/mol. The molecule has 5 heteroatoms. The maximum Gasteiger partial charge on any atom is 0.257 e. The molecule has 0 atom stereocenters. The minimum atomic E-state index is -0.255.